The van der Waals surface area contributed by atoms with Gasteiger partial charge in [0, 0.05) is 31.8 Å². The van der Waals surface area contributed by atoms with E-state index in [2.05, 4.69) is 10.6 Å². The first-order chi connectivity index (χ1) is 10.1. The molecule has 1 fully saturated rings. The van der Waals surface area contributed by atoms with Gasteiger partial charge in [-0.25, -0.2) is 0 Å². The summed E-state index contributed by atoms with van der Waals surface area (Å²) in [4.78, 5) is 25.2. The van der Waals surface area contributed by atoms with Crippen molar-refractivity contribution in [1.29, 1.82) is 0 Å². The highest BCUT2D eigenvalue weighted by Gasteiger charge is 2.15. The molecule has 2 rings (SSSR count). The predicted octanol–water partition coefficient (Wildman–Crippen LogP) is 1.72. The maximum atomic E-state index is 11.9. The van der Waals surface area contributed by atoms with Gasteiger partial charge in [-0.05, 0) is 56.1 Å². The fourth-order valence-corrected chi connectivity index (χ4v) is 2.47. The van der Waals surface area contributed by atoms with Gasteiger partial charge < -0.3 is 15.5 Å². The van der Waals surface area contributed by atoms with Gasteiger partial charge in [-0.1, -0.05) is 0 Å². The lowest BCUT2D eigenvalue weighted by Gasteiger charge is -2.11. The summed E-state index contributed by atoms with van der Waals surface area (Å²) >= 11 is 0. The highest BCUT2D eigenvalue weighted by molar-refractivity contribution is 5.95. The van der Waals surface area contributed by atoms with Crippen LogP contribution in [0.25, 0.3) is 0 Å². The maximum absolute atomic E-state index is 11.9. The molecule has 114 valence electrons. The number of carbonyl (C=O) groups is 2. The summed E-state index contributed by atoms with van der Waals surface area (Å²) in [5, 5.41) is 6.18. The topological polar surface area (TPSA) is 61.4 Å². The van der Waals surface area contributed by atoms with E-state index in [1.807, 2.05) is 0 Å². The van der Waals surface area contributed by atoms with Crippen molar-refractivity contribution in [2.45, 2.75) is 19.3 Å². The van der Waals surface area contributed by atoms with Crippen LogP contribution in [0.2, 0.25) is 0 Å². The van der Waals surface area contributed by atoms with Crippen molar-refractivity contribution >= 4 is 17.5 Å². The van der Waals surface area contributed by atoms with Crippen molar-refractivity contribution in [2.75, 3.05) is 32.5 Å². The molecule has 0 bridgehead atoms. The van der Waals surface area contributed by atoms with Crippen LogP contribution >= 0.6 is 0 Å². The first kappa shape index (κ1) is 15.5. The second kappa shape index (κ2) is 7.22. The highest BCUT2D eigenvalue weighted by atomic mass is 16.2. The first-order valence-corrected chi connectivity index (χ1v) is 7.38. The molecule has 1 heterocycles. The van der Waals surface area contributed by atoms with Gasteiger partial charge in [0.25, 0.3) is 5.91 Å². The van der Waals surface area contributed by atoms with Crippen LogP contribution < -0.4 is 10.6 Å². The minimum Gasteiger partial charge on any atom is -0.345 e. The van der Waals surface area contributed by atoms with Crippen molar-refractivity contribution in [3.63, 3.8) is 0 Å². The molecule has 1 atom stereocenters. The van der Waals surface area contributed by atoms with Crippen LogP contribution in [-0.4, -0.2) is 43.9 Å². The monoisotopic (exact) mass is 289 g/mol. The normalized spacial score (nSPS) is 17.5. The molecule has 2 amide bonds. The molecule has 5 heteroatoms. The average Bonchev–Trinajstić information content (AvgIpc) is 2.98. The quantitative estimate of drug-likeness (QED) is 0.867. The fourth-order valence-electron chi connectivity index (χ4n) is 2.47. The van der Waals surface area contributed by atoms with Gasteiger partial charge in [-0.3, -0.25) is 9.59 Å². The molecule has 2 N–H and O–H groups in total. The molecule has 0 aliphatic carbocycles. The van der Waals surface area contributed by atoms with Gasteiger partial charge in [0.05, 0.1) is 0 Å². The van der Waals surface area contributed by atoms with Crippen LogP contribution in [0, 0.1) is 5.92 Å². The van der Waals surface area contributed by atoms with Gasteiger partial charge in [-0.15, -0.1) is 0 Å². The molecule has 1 aromatic carbocycles. The molecule has 1 saturated heterocycles. The van der Waals surface area contributed by atoms with E-state index in [1.54, 1.807) is 38.4 Å². The molecule has 1 aliphatic heterocycles. The lowest BCUT2D eigenvalue weighted by Crippen LogP contribution is -2.21. The van der Waals surface area contributed by atoms with Crippen LogP contribution in [-0.2, 0) is 4.79 Å². The maximum Gasteiger partial charge on any atom is 0.253 e. The van der Waals surface area contributed by atoms with Crippen LogP contribution in [0.15, 0.2) is 24.3 Å². The van der Waals surface area contributed by atoms with Crippen molar-refractivity contribution in [3.8, 4) is 0 Å². The molecule has 21 heavy (non-hydrogen) atoms. The standard InChI is InChI=1S/C16H23N3O2/c1-19(2)16(21)13-4-6-14(7-5-13)18-15(20)8-3-12-9-10-17-11-12/h4-7,12,17H,3,8-11H2,1-2H3,(H,18,20). The van der Waals surface area contributed by atoms with E-state index >= 15 is 0 Å². The Bertz CT molecular complexity index is 491. The summed E-state index contributed by atoms with van der Waals surface area (Å²) in [5.41, 5.74) is 1.36. The summed E-state index contributed by atoms with van der Waals surface area (Å²) in [6, 6.07) is 7.01. The van der Waals surface area contributed by atoms with Crippen molar-refractivity contribution in [3.05, 3.63) is 29.8 Å². The van der Waals surface area contributed by atoms with Crippen LogP contribution in [0.4, 0.5) is 5.69 Å². The van der Waals surface area contributed by atoms with Crippen molar-refractivity contribution < 1.29 is 9.59 Å². The number of anilines is 1. The molecular weight excluding hydrogens is 266 g/mol. The lowest BCUT2D eigenvalue weighted by atomic mass is 10.0. The summed E-state index contributed by atoms with van der Waals surface area (Å²) in [5.74, 6) is 0.617. The van der Waals surface area contributed by atoms with Crippen LogP contribution in [0.3, 0.4) is 0 Å². The van der Waals surface area contributed by atoms with Gasteiger partial charge in [0.1, 0.15) is 0 Å². The Morgan fingerprint density at radius 3 is 2.57 bits per heavy atom. The lowest BCUT2D eigenvalue weighted by molar-refractivity contribution is -0.116. The third-order valence-corrected chi connectivity index (χ3v) is 3.76. The van der Waals surface area contributed by atoms with Gasteiger partial charge in [-0.2, -0.15) is 0 Å². The second-order valence-corrected chi connectivity index (χ2v) is 5.72. The van der Waals surface area contributed by atoms with Gasteiger partial charge in [0.15, 0.2) is 0 Å². The fraction of sp³-hybridized carbons (Fsp3) is 0.500. The number of rotatable bonds is 5. The minimum absolute atomic E-state index is 0.0357. The smallest absolute Gasteiger partial charge is 0.253 e. The molecule has 5 nitrogen and oxygen atoms in total. The Morgan fingerprint density at radius 2 is 2.00 bits per heavy atom. The third-order valence-electron chi connectivity index (χ3n) is 3.76. The first-order valence-electron chi connectivity index (χ1n) is 7.38. The Morgan fingerprint density at radius 1 is 1.29 bits per heavy atom. The Balaban J connectivity index is 1.82. The molecule has 0 aromatic heterocycles. The highest BCUT2D eigenvalue weighted by Crippen LogP contribution is 2.16. The largest absolute Gasteiger partial charge is 0.345 e. The Hall–Kier alpha value is -1.88. The zero-order valence-corrected chi connectivity index (χ0v) is 12.7. The minimum atomic E-state index is -0.0402. The SMILES string of the molecule is CN(C)C(=O)c1ccc(NC(=O)CCC2CCNC2)cc1. The van der Waals surface area contributed by atoms with Gasteiger partial charge in [0.2, 0.25) is 5.91 Å². The van der Waals surface area contributed by atoms with E-state index < -0.39 is 0 Å². The van der Waals surface area contributed by atoms with E-state index in [0.29, 0.717) is 17.9 Å². The van der Waals surface area contributed by atoms with Crippen LogP contribution in [0.5, 0.6) is 0 Å². The molecule has 0 spiro atoms. The number of amides is 2. The molecular formula is C16H23N3O2. The van der Waals surface area contributed by atoms with Gasteiger partial charge >= 0.3 is 0 Å². The molecule has 0 saturated carbocycles. The van der Waals surface area contributed by atoms with E-state index in [4.69, 9.17) is 0 Å². The average molecular weight is 289 g/mol. The van der Waals surface area contributed by atoms with Crippen molar-refractivity contribution in [1.82, 2.24) is 10.2 Å². The summed E-state index contributed by atoms with van der Waals surface area (Å²) in [6.07, 6.45) is 2.63. The summed E-state index contributed by atoms with van der Waals surface area (Å²) in [7, 11) is 3.44. The predicted molar refractivity (Wildman–Crippen MR) is 83.3 cm³/mol. The summed E-state index contributed by atoms with van der Waals surface area (Å²) in [6.45, 7) is 2.09. The number of carbonyl (C=O) groups excluding carboxylic acids is 2. The zero-order valence-electron chi connectivity index (χ0n) is 12.7. The number of benzene rings is 1. The molecule has 1 aromatic rings. The Kier molecular flexibility index (Phi) is 5.33. The molecule has 0 radical (unpaired) electrons. The third kappa shape index (κ3) is 4.56. The van der Waals surface area contributed by atoms with E-state index in [9.17, 15) is 9.59 Å². The number of nitrogens with zero attached hydrogens (tertiary/aromatic N) is 1. The second-order valence-electron chi connectivity index (χ2n) is 5.72. The van der Waals surface area contributed by atoms with E-state index in [-0.39, 0.29) is 11.8 Å². The summed E-state index contributed by atoms with van der Waals surface area (Å²) < 4.78 is 0. The van der Waals surface area contributed by atoms with Crippen LogP contribution in [0.1, 0.15) is 29.6 Å². The molecule has 1 unspecified atom stereocenters. The molecule has 1 aliphatic rings. The zero-order chi connectivity index (χ0) is 15.2. The van der Waals surface area contributed by atoms with E-state index in [1.165, 1.54) is 4.90 Å². The van der Waals surface area contributed by atoms with Crippen molar-refractivity contribution in [2.24, 2.45) is 5.92 Å². The number of nitrogens with one attached hydrogen (secondary N) is 2. The Labute approximate surface area is 125 Å². The number of hydrogen-bond acceptors (Lipinski definition) is 3. The number of hydrogen-bond donors (Lipinski definition) is 2. The van der Waals surface area contributed by atoms with E-state index in [0.717, 1.165) is 31.6 Å².